The van der Waals surface area contributed by atoms with Crippen molar-refractivity contribution in [1.29, 1.82) is 0 Å². The number of nitrogens with two attached hydrogens (primary N) is 3. The van der Waals surface area contributed by atoms with Gasteiger partial charge < -0.3 is 69.4 Å². The molecule has 56 heavy (non-hydrogen) atoms. The Labute approximate surface area is 324 Å². The van der Waals surface area contributed by atoms with Gasteiger partial charge in [-0.25, -0.2) is 9.59 Å². The number of aliphatic imine (C=N–C) groups is 1. The van der Waals surface area contributed by atoms with Gasteiger partial charge in [-0.1, -0.05) is 13.8 Å². The molecule has 0 heterocycles. The summed E-state index contributed by atoms with van der Waals surface area (Å²) < 4.78 is 5.18. The van der Waals surface area contributed by atoms with Crippen LogP contribution in [0.1, 0.15) is 79.6 Å². The lowest BCUT2D eigenvalue weighted by atomic mass is 10.0. The lowest BCUT2D eigenvalue weighted by molar-refractivity contribution is -0.143. The van der Waals surface area contributed by atoms with Gasteiger partial charge in [0.1, 0.15) is 29.8 Å². The van der Waals surface area contributed by atoms with Crippen LogP contribution in [0.2, 0.25) is 0 Å². The minimum atomic E-state index is -1.73. The number of nitrogens with one attached hydrogen (secondary N) is 7. The fraction of sp³-hybridized carbons (Fsp3) is 0.697. The molecule has 4 atom stereocenters. The Morgan fingerprint density at radius 1 is 0.661 bits per heavy atom. The van der Waals surface area contributed by atoms with E-state index in [1.54, 1.807) is 34.6 Å². The number of carboxylic acids is 2. The molecule has 15 N–H and O–H groups in total. The third-order valence-corrected chi connectivity index (χ3v) is 7.20. The molecule has 0 aromatic heterocycles. The molecule has 0 saturated heterocycles. The summed E-state index contributed by atoms with van der Waals surface area (Å²) in [4.78, 5) is 115. The lowest BCUT2D eigenvalue weighted by Gasteiger charge is -2.24. The number of hydrogen-bond donors (Lipinski definition) is 12. The fourth-order valence-electron chi connectivity index (χ4n) is 4.62. The van der Waals surface area contributed by atoms with E-state index >= 15 is 0 Å². The van der Waals surface area contributed by atoms with Gasteiger partial charge in [-0.2, -0.15) is 0 Å². The Kier molecular flexibility index (Phi) is 23.5. The van der Waals surface area contributed by atoms with Gasteiger partial charge in [0.25, 0.3) is 0 Å². The summed E-state index contributed by atoms with van der Waals surface area (Å²) in [7, 11) is 0. The Hall–Kier alpha value is -5.74. The first kappa shape index (κ1) is 50.3. The second kappa shape index (κ2) is 26.1. The van der Waals surface area contributed by atoms with Crippen molar-refractivity contribution in [3.05, 3.63) is 0 Å². The Bertz CT molecular complexity index is 1400. The van der Waals surface area contributed by atoms with E-state index in [9.17, 15) is 53.4 Å². The van der Waals surface area contributed by atoms with Gasteiger partial charge in [-0.3, -0.25) is 38.6 Å². The van der Waals surface area contributed by atoms with Crippen molar-refractivity contribution in [3.63, 3.8) is 0 Å². The van der Waals surface area contributed by atoms with Crippen molar-refractivity contribution >= 4 is 59.4 Å². The molecule has 0 aliphatic heterocycles. The summed E-state index contributed by atoms with van der Waals surface area (Å²) in [5.74, 6) is -8.47. The van der Waals surface area contributed by atoms with Crippen molar-refractivity contribution in [3.8, 4) is 0 Å². The van der Waals surface area contributed by atoms with Crippen LogP contribution in [0.3, 0.4) is 0 Å². The highest BCUT2D eigenvalue weighted by atomic mass is 16.6. The molecule has 318 valence electrons. The van der Waals surface area contributed by atoms with Crippen LogP contribution >= 0.6 is 0 Å². The predicted octanol–water partition coefficient (Wildman–Crippen LogP) is -3.53. The number of carbonyl (C=O) groups excluding carboxylic acids is 7. The zero-order valence-corrected chi connectivity index (χ0v) is 32.5. The molecular formula is C33H59N11O12. The van der Waals surface area contributed by atoms with E-state index in [2.05, 4.69) is 42.2 Å². The van der Waals surface area contributed by atoms with Gasteiger partial charge in [-0.15, -0.1) is 0 Å². The van der Waals surface area contributed by atoms with Crippen LogP contribution in [0, 0.1) is 5.92 Å². The maximum atomic E-state index is 13.2. The topological polar surface area (TPSA) is 378 Å². The van der Waals surface area contributed by atoms with E-state index in [0.29, 0.717) is 19.4 Å². The summed E-state index contributed by atoms with van der Waals surface area (Å²) in [6.07, 6.45) is -0.347. The van der Waals surface area contributed by atoms with Crippen molar-refractivity contribution in [2.45, 2.75) is 109 Å². The van der Waals surface area contributed by atoms with E-state index in [1.165, 1.54) is 0 Å². The monoisotopic (exact) mass is 801 g/mol. The molecule has 0 spiro atoms. The zero-order valence-electron chi connectivity index (χ0n) is 32.5. The van der Waals surface area contributed by atoms with Gasteiger partial charge in [0.15, 0.2) is 5.96 Å². The Morgan fingerprint density at radius 2 is 1.18 bits per heavy atom. The Balaban J connectivity index is 5.31. The number of amides is 7. The number of alkyl carbamates (subject to hydrolysis) is 1. The smallest absolute Gasteiger partial charge is 0.408 e. The normalized spacial score (nSPS) is 13.1. The highest BCUT2D eigenvalue weighted by Crippen LogP contribution is 2.09. The largest absolute Gasteiger partial charge is 0.481 e. The molecule has 0 saturated carbocycles. The standard InChI is InChI=1S/C33H59N11O12/c1-18(2)13-22(30(53)54)43-28(51)20(10-8-12-37-31(35)36)42-29(52)21(14-26(48)49)41-25(47)17-39-23(45)15-38-24(46)16-40-27(50)19(9-6-7-11-34)44-32(55)56-33(3,4)5/h18-22H,6-17,34H2,1-5H3,(H,38,46)(H,39,45)(H,40,50)(H,41,47)(H,42,52)(H,43,51)(H,44,55)(H,48,49)(H,53,54)(H4,35,36,37). The molecule has 7 amide bonds. The van der Waals surface area contributed by atoms with Crippen LogP contribution < -0.4 is 54.4 Å². The quantitative estimate of drug-likeness (QED) is 0.0229. The van der Waals surface area contributed by atoms with Crippen molar-refractivity contribution < 1.29 is 58.1 Å². The predicted molar refractivity (Wildman–Crippen MR) is 200 cm³/mol. The Morgan fingerprint density at radius 3 is 1.70 bits per heavy atom. The van der Waals surface area contributed by atoms with Crippen LogP contribution in [0.25, 0.3) is 0 Å². The fourth-order valence-corrected chi connectivity index (χ4v) is 4.62. The van der Waals surface area contributed by atoms with Gasteiger partial charge in [0.05, 0.1) is 26.1 Å². The number of nitrogens with zero attached hydrogens (tertiary/aromatic N) is 1. The minimum Gasteiger partial charge on any atom is -0.481 e. The summed E-state index contributed by atoms with van der Waals surface area (Å²) in [6, 6.07) is -5.44. The molecule has 23 heteroatoms. The van der Waals surface area contributed by atoms with Crippen molar-refractivity contribution in [2.75, 3.05) is 32.7 Å². The van der Waals surface area contributed by atoms with E-state index in [1.807, 2.05) is 0 Å². The van der Waals surface area contributed by atoms with Crippen LogP contribution in [-0.4, -0.2) is 132 Å². The molecule has 4 unspecified atom stereocenters. The molecular weight excluding hydrogens is 742 g/mol. The number of carbonyl (C=O) groups is 9. The SMILES string of the molecule is CC(C)CC(NC(=O)C(CCCN=C(N)N)NC(=O)C(CC(=O)O)NC(=O)CNC(=O)CNC(=O)CNC(=O)C(CCCCN)NC(=O)OC(C)(C)C)C(=O)O. The third kappa shape index (κ3) is 24.6. The minimum absolute atomic E-state index is 0.0455. The summed E-state index contributed by atoms with van der Waals surface area (Å²) in [6.45, 7) is 6.89. The number of ether oxygens (including phenoxy) is 1. The lowest BCUT2D eigenvalue weighted by Crippen LogP contribution is -2.57. The number of aliphatic carboxylic acids is 2. The molecule has 0 bridgehead atoms. The maximum absolute atomic E-state index is 13.2. The first-order valence-electron chi connectivity index (χ1n) is 17.9. The molecule has 0 aromatic rings. The van der Waals surface area contributed by atoms with Crippen molar-refractivity contribution in [2.24, 2.45) is 28.1 Å². The third-order valence-electron chi connectivity index (χ3n) is 7.20. The molecule has 0 rings (SSSR count). The second-order valence-electron chi connectivity index (χ2n) is 14.0. The van der Waals surface area contributed by atoms with Crippen LogP contribution in [-0.2, 0) is 43.1 Å². The first-order chi connectivity index (χ1) is 26.0. The summed E-state index contributed by atoms with van der Waals surface area (Å²) in [5.41, 5.74) is 15.3. The molecule has 0 radical (unpaired) electrons. The molecule has 0 aliphatic rings. The zero-order chi connectivity index (χ0) is 43.0. The molecule has 23 nitrogen and oxygen atoms in total. The van der Waals surface area contributed by atoms with Gasteiger partial charge in [0, 0.05) is 6.54 Å². The average Bonchev–Trinajstić information content (AvgIpc) is 3.07. The van der Waals surface area contributed by atoms with Gasteiger partial charge in [0.2, 0.25) is 35.4 Å². The van der Waals surface area contributed by atoms with Gasteiger partial charge >= 0.3 is 18.0 Å². The number of unbranched alkanes of at least 4 members (excludes halogenated alkanes) is 1. The van der Waals surface area contributed by atoms with Gasteiger partial charge in [-0.05, 0) is 71.8 Å². The van der Waals surface area contributed by atoms with Crippen LogP contribution in [0.15, 0.2) is 4.99 Å². The average molecular weight is 802 g/mol. The summed E-state index contributed by atoms with van der Waals surface area (Å²) >= 11 is 0. The molecule has 0 aromatic carbocycles. The molecule has 0 fully saturated rings. The summed E-state index contributed by atoms with van der Waals surface area (Å²) in [5, 5.41) is 35.0. The van der Waals surface area contributed by atoms with E-state index in [-0.39, 0.29) is 44.1 Å². The highest BCUT2D eigenvalue weighted by molar-refractivity contribution is 5.96. The second-order valence-corrected chi connectivity index (χ2v) is 14.0. The van der Waals surface area contributed by atoms with E-state index in [0.717, 1.165) is 0 Å². The van der Waals surface area contributed by atoms with Crippen LogP contribution in [0.4, 0.5) is 4.79 Å². The highest BCUT2D eigenvalue weighted by Gasteiger charge is 2.31. The number of rotatable bonds is 26. The van der Waals surface area contributed by atoms with E-state index < -0.39 is 109 Å². The number of carboxylic acid groups (broad SMARTS) is 2. The van der Waals surface area contributed by atoms with E-state index in [4.69, 9.17) is 21.9 Å². The maximum Gasteiger partial charge on any atom is 0.408 e. The number of guanidine groups is 1. The van der Waals surface area contributed by atoms with Crippen molar-refractivity contribution in [1.82, 2.24) is 37.2 Å². The molecule has 0 aliphatic carbocycles. The first-order valence-corrected chi connectivity index (χ1v) is 17.9. The number of hydrogen-bond acceptors (Lipinski definition) is 12. The van der Waals surface area contributed by atoms with Crippen LogP contribution in [0.5, 0.6) is 0 Å².